The number of hydrogen-bond acceptors (Lipinski definition) is 1. The van der Waals surface area contributed by atoms with E-state index in [1.807, 2.05) is 32.9 Å². The molecule has 19 aromatic carbocycles. The Morgan fingerprint density at radius 2 is 0.599 bits per heavy atom. The van der Waals surface area contributed by atoms with Crippen LogP contribution in [0.4, 0.5) is 11.4 Å². The largest absolute Gasteiger partial charge is 0.377 e. The van der Waals surface area contributed by atoms with Crippen LogP contribution in [0.15, 0.2) is 467 Å². The van der Waals surface area contributed by atoms with E-state index in [-0.39, 0.29) is 64.3 Å². The summed E-state index contributed by atoms with van der Waals surface area (Å²) in [7, 11) is 4.17. The van der Waals surface area contributed by atoms with Crippen LogP contribution >= 0.6 is 0 Å². The molecule has 0 spiro atoms. The number of nitrogens with zero attached hydrogens (tertiary/aromatic N) is 3. The van der Waals surface area contributed by atoms with Crippen LogP contribution < -0.4 is 4.90 Å². The third kappa shape index (κ3) is 28.1. The highest BCUT2D eigenvalue weighted by molar-refractivity contribution is 6.10. The van der Waals surface area contributed by atoms with E-state index >= 15 is 0 Å². The van der Waals surface area contributed by atoms with E-state index in [4.69, 9.17) is 18.9 Å². The number of aromatic nitrogens is 1. The van der Waals surface area contributed by atoms with Gasteiger partial charge in [0.05, 0.1) is 29.9 Å². The van der Waals surface area contributed by atoms with Gasteiger partial charge < -0.3 is 9.47 Å². The van der Waals surface area contributed by atoms with Gasteiger partial charge in [-0.15, -0.1) is 0 Å². The van der Waals surface area contributed by atoms with Crippen LogP contribution in [-0.4, -0.2) is 18.7 Å². The third-order valence-electron chi connectivity index (χ3n) is 26.8. The molecular formula is C144H147N3. The molecule has 0 unspecified atom stereocenters. The zero-order valence-electron chi connectivity index (χ0n) is 98.6. The van der Waals surface area contributed by atoms with Crippen molar-refractivity contribution in [1.82, 2.24) is 4.57 Å². The van der Waals surface area contributed by atoms with Crippen molar-refractivity contribution in [3.8, 4) is 117 Å². The van der Waals surface area contributed by atoms with Crippen LogP contribution in [0, 0.1) is 20.4 Å². The highest BCUT2D eigenvalue weighted by Gasteiger charge is 2.23. The number of fused-ring (bicyclic) bond motifs is 3. The van der Waals surface area contributed by atoms with Gasteiger partial charge in [0.15, 0.2) is 5.69 Å². The van der Waals surface area contributed by atoms with Crippen LogP contribution in [-0.2, 0) is 5.41 Å². The summed E-state index contributed by atoms with van der Waals surface area (Å²) in [6.45, 7) is 48.0. The monoisotopic (exact) mass is 1930 g/mol. The first-order valence-corrected chi connectivity index (χ1v) is 51.9. The van der Waals surface area contributed by atoms with Crippen LogP contribution in [0.2, 0.25) is 0 Å². The zero-order chi connectivity index (χ0) is 112. The topological polar surface area (TPSA) is 12.5 Å². The van der Waals surface area contributed by atoms with E-state index in [2.05, 4.69) is 514 Å². The van der Waals surface area contributed by atoms with E-state index in [1.165, 1.54) is 168 Å². The number of hydrogen-bond donors (Lipinski definition) is 0. The Morgan fingerprint density at radius 3 is 0.973 bits per heavy atom. The fourth-order valence-electron chi connectivity index (χ4n) is 18.7. The minimum absolute atomic E-state index is 0.0169. The molecule has 0 fully saturated rings. The minimum atomic E-state index is -0.475. The van der Waals surface area contributed by atoms with Gasteiger partial charge in [-0.1, -0.05) is 523 Å². The molecule has 0 atom stereocenters. The smallest absolute Gasteiger partial charge is 0.190 e. The van der Waals surface area contributed by atoms with Crippen molar-refractivity contribution in [1.29, 1.82) is 0 Å². The molecule has 0 bridgehead atoms. The fourth-order valence-corrected chi connectivity index (χ4v) is 18.7. The van der Waals surface area contributed by atoms with E-state index in [0.29, 0.717) is 46.6 Å². The molecule has 1 aromatic heterocycles. The molecule has 0 aliphatic carbocycles. The highest BCUT2D eigenvalue weighted by Crippen LogP contribution is 2.45. The average molecular weight is 1930 g/mol. The van der Waals surface area contributed by atoms with Gasteiger partial charge >= 0.3 is 0 Å². The molecule has 147 heavy (non-hydrogen) atoms. The molecule has 0 saturated heterocycles. The maximum atomic E-state index is 8.40. The summed E-state index contributed by atoms with van der Waals surface area (Å²) in [6.07, 6.45) is 0. The predicted molar refractivity (Wildman–Crippen MR) is 641 cm³/mol. The summed E-state index contributed by atoms with van der Waals surface area (Å²) < 4.78 is 75.9. The van der Waals surface area contributed by atoms with Gasteiger partial charge in [0.2, 0.25) is 0 Å². The molecule has 0 aliphatic rings. The Labute approximate surface area is 892 Å². The molecular weight excluding hydrogens is 1770 g/mol. The second kappa shape index (κ2) is 51.2. The highest BCUT2D eigenvalue weighted by atomic mass is 15.1. The van der Waals surface area contributed by atoms with Gasteiger partial charge in [-0.25, -0.2) is 4.85 Å². The first-order valence-electron chi connectivity index (χ1n) is 56.4. The van der Waals surface area contributed by atoms with Crippen molar-refractivity contribution in [3.63, 3.8) is 0 Å². The van der Waals surface area contributed by atoms with E-state index < -0.39 is 18.1 Å². The molecule has 20 rings (SSSR count). The maximum Gasteiger partial charge on any atom is 0.190 e. The van der Waals surface area contributed by atoms with Crippen LogP contribution in [0.5, 0.6) is 0 Å². The van der Waals surface area contributed by atoms with Gasteiger partial charge in [-0.2, -0.15) is 0 Å². The lowest BCUT2D eigenvalue weighted by molar-refractivity contribution is 0.589. The van der Waals surface area contributed by atoms with Gasteiger partial charge in [-0.05, 0) is 289 Å². The predicted octanol–water partition coefficient (Wildman–Crippen LogP) is 42.0. The molecule has 0 N–H and O–H groups in total. The van der Waals surface area contributed by atoms with Crippen LogP contribution in [0.3, 0.4) is 0 Å². The molecule has 0 aliphatic heterocycles. The molecule has 3 nitrogen and oxygen atoms in total. The van der Waals surface area contributed by atoms with Crippen molar-refractivity contribution in [2.45, 2.75) is 178 Å². The maximum absolute atomic E-state index is 8.40. The second-order valence-corrected chi connectivity index (χ2v) is 41.2. The molecule has 0 amide bonds. The Balaban J connectivity index is 0.000000151. The quantitative estimate of drug-likeness (QED) is 0.0735. The zero-order valence-corrected chi connectivity index (χ0v) is 89.6. The Hall–Kier alpha value is -15.7. The number of para-hydroxylation sites is 4. The van der Waals surface area contributed by atoms with Crippen molar-refractivity contribution < 1.29 is 12.3 Å². The average Bonchev–Trinajstić information content (AvgIpc) is 1.49. The molecule has 0 radical (unpaired) electrons. The lowest BCUT2D eigenvalue weighted by Crippen LogP contribution is -2.11. The summed E-state index contributed by atoms with van der Waals surface area (Å²) >= 11 is 0. The fraction of sp³-hybridized carbons (Fsp3) is 0.201. The van der Waals surface area contributed by atoms with Crippen LogP contribution in [0.1, 0.15) is 227 Å². The summed E-state index contributed by atoms with van der Waals surface area (Å²) in [4.78, 5) is 5.63. The van der Waals surface area contributed by atoms with E-state index in [0.717, 1.165) is 16.8 Å². The lowest BCUT2D eigenvalue weighted by Gasteiger charge is -2.21. The SMILES string of the molecule is CC(C)c1c(-c2cc(-c3ccccc3)cc(-c3ccccc3)c2)cccc1-c1cc(-c2ccccc2)cc(-c2ccccc2)c1.CC(C)c1cc(-c2ccccc2)cc(-c2ccccc2)c1.CC(C)c1ccc(C(C)(C)C)cc1.CC(C)c1cccc2c3ccccc3n(-c3ccccc3)c12.CC(C)c1ccccc1N(C)C.[2H]c1c([2H])c([2H])c(-c2cc(-c3c([2H])c([2H])c(C)c([2H])c3[2H])cc(C(C)C)c2)c([2H])c1[2H].[C-]#[N+]c1cccc(C(C)C)c1C. The standard InChI is InChI=1S/C45H36.C22H22.C21H19N.C21H20.C13H20.C11H17N.C11H13N/c1-32(2)45-43(41-28-37(33-16-7-3-8-17-33)26-38(29-41)34-18-9-4-10-19-34)24-15-25-44(45)42-30-39(35-20-11-5-12-21-35)27-40(31-42)36-22-13-6-14-23-36;1-16(2)20-13-21(18-7-5-4-6-8-18)15-22(14-20)19-11-9-17(3)10-12-19;1-15(2)17-12-8-13-19-18-11-6-7-14-20(18)22(21(17)19)16-9-4-3-5-10-16;1-16(2)19-13-20(17-9-5-3-6-10-17)15-21(14-19)18-11-7-4-8-12-18;1-10(2)11-6-8-12(9-7-11)13(3,4)5;1-9(2)10-7-5-6-8-11(10)12(3)4;1-8(2)10-6-5-7-11(12-4)9(10)3/h3-32H,1-2H3;4-16H,1-3H3;3-15H,1-2H3;3-16H,1-2H3;6-10H,1-5H3;5-9H,1-4H3;5-8H,1-3H3/i;4D,5D,6D,7D,8D,9D,10D,11D,12D;;;;;. The number of benzene rings is 19. The Kier molecular flexibility index (Phi) is 33.0. The van der Waals surface area contributed by atoms with Crippen LogP contribution in [0.25, 0.3) is 144 Å². The molecule has 3 heteroatoms. The van der Waals surface area contributed by atoms with Crippen molar-refractivity contribution in [2.75, 3.05) is 19.0 Å². The number of rotatable bonds is 19. The van der Waals surface area contributed by atoms with Gasteiger partial charge in [-0.3, -0.25) is 0 Å². The summed E-state index contributed by atoms with van der Waals surface area (Å²) in [5, 5.41) is 2.66. The van der Waals surface area contributed by atoms with Gasteiger partial charge in [0.1, 0.15) is 0 Å². The molecule has 738 valence electrons. The Morgan fingerprint density at radius 1 is 0.272 bits per heavy atom. The van der Waals surface area contributed by atoms with Crippen molar-refractivity contribution >= 4 is 33.2 Å². The summed E-state index contributed by atoms with van der Waals surface area (Å²) in [6, 6.07) is 144. The van der Waals surface area contributed by atoms with Crippen molar-refractivity contribution in [2.24, 2.45) is 0 Å². The normalized spacial score (nSPS) is 11.9. The van der Waals surface area contributed by atoms with E-state index in [1.54, 1.807) is 18.2 Å². The van der Waals surface area contributed by atoms with Gasteiger partial charge in [0.25, 0.3) is 0 Å². The van der Waals surface area contributed by atoms with Crippen molar-refractivity contribution in [3.05, 3.63) is 534 Å². The molecule has 1 heterocycles. The summed E-state index contributed by atoms with van der Waals surface area (Å²) in [5.41, 5.74) is 39.0. The van der Waals surface area contributed by atoms with E-state index in [9.17, 15) is 0 Å². The van der Waals surface area contributed by atoms with Gasteiger partial charge in [0, 0.05) is 36.2 Å². The summed E-state index contributed by atoms with van der Waals surface area (Å²) in [5.74, 6) is 3.09. The Bertz CT molecular complexity index is 7760. The molecule has 0 saturated carbocycles. The number of anilines is 1. The minimum Gasteiger partial charge on any atom is -0.377 e. The first kappa shape index (κ1) is 94.8. The lowest BCUT2D eigenvalue weighted by atomic mass is 9.83. The second-order valence-electron chi connectivity index (χ2n) is 41.2. The third-order valence-corrected chi connectivity index (χ3v) is 26.8. The molecule has 20 aromatic rings. The first-order chi connectivity index (χ1) is 74.7.